The summed E-state index contributed by atoms with van der Waals surface area (Å²) in [6.45, 7) is 2.63. The molecule has 0 radical (unpaired) electrons. The molecule has 0 bridgehead atoms. The van der Waals surface area contributed by atoms with Crippen molar-refractivity contribution in [3.05, 3.63) is 11.5 Å². The number of nitrogens with two attached hydrogens (primary N) is 1. The van der Waals surface area contributed by atoms with Crippen LogP contribution in [0.25, 0.3) is 0 Å². The lowest BCUT2D eigenvalue weighted by atomic mass is 10.3. The Morgan fingerprint density at radius 2 is 2.50 bits per heavy atom. The predicted octanol–water partition coefficient (Wildman–Crippen LogP) is 0.262. The van der Waals surface area contributed by atoms with Crippen molar-refractivity contribution in [2.75, 3.05) is 13.7 Å². The Morgan fingerprint density at radius 1 is 1.83 bits per heavy atom. The predicted molar refractivity (Wildman–Crippen MR) is 50.8 cm³/mol. The highest BCUT2D eigenvalue weighted by atomic mass is 35.5. The molecule has 1 atom stereocenters. The molecule has 0 aromatic carbocycles. The van der Waals surface area contributed by atoms with E-state index in [1.54, 1.807) is 0 Å². The zero-order chi connectivity index (χ0) is 9.14. The standard InChI is InChI=1S/C7H13ClN4/c1-5(8)6-7(10-3-9)12(2)4-11-6/h3,5,11H,4H2,1-2H3,(H2,9,10). The molecule has 0 spiro atoms. The number of halogens is 1. The van der Waals surface area contributed by atoms with Crippen LogP contribution in [-0.4, -0.2) is 30.3 Å². The van der Waals surface area contributed by atoms with Crippen LogP contribution in [0.3, 0.4) is 0 Å². The highest BCUT2D eigenvalue weighted by molar-refractivity contribution is 6.22. The van der Waals surface area contributed by atoms with E-state index in [0.29, 0.717) is 0 Å². The Balaban J connectivity index is 2.89. The van der Waals surface area contributed by atoms with Crippen molar-refractivity contribution in [2.24, 2.45) is 10.7 Å². The van der Waals surface area contributed by atoms with Crippen LogP contribution in [0.2, 0.25) is 0 Å². The van der Waals surface area contributed by atoms with Gasteiger partial charge in [-0.3, -0.25) is 0 Å². The second kappa shape index (κ2) is 3.67. The largest absolute Gasteiger partial charge is 0.390 e. The van der Waals surface area contributed by atoms with Gasteiger partial charge in [0.15, 0.2) is 5.82 Å². The van der Waals surface area contributed by atoms with E-state index in [0.717, 1.165) is 18.2 Å². The number of allylic oxidation sites excluding steroid dienone is 1. The van der Waals surface area contributed by atoms with E-state index in [1.165, 1.54) is 6.34 Å². The van der Waals surface area contributed by atoms with E-state index in [9.17, 15) is 0 Å². The molecule has 0 fully saturated rings. The van der Waals surface area contributed by atoms with Crippen molar-refractivity contribution >= 4 is 17.9 Å². The van der Waals surface area contributed by atoms with Crippen LogP contribution in [0.1, 0.15) is 6.92 Å². The van der Waals surface area contributed by atoms with Gasteiger partial charge in [-0.15, -0.1) is 11.6 Å². The van der Waals surface area contributed by atoms with Crippen LogP contribution in [0.4, 0.5) is 0 Å². The molecule has 0 aromatic rings. The maximum absolute atomic E-state index is 5.92. The van der Waals surface area contributed by atoms with E-state index in [4.69, 9.17) is 17.3 Å². The van der Waals surface area contributed by atoms with Crippen LogP contribution in [0.5, 0.6) is 0 Å². The van der Waals surface area contributed by atoms with Crippen molar-refractivity contribution in [1.82, 2.24) is 10.2 Å². The Kier molecular flexibility index (Phi) is 2.81. The van der Waals surface area contributed by atoms with Gasteiger partial charge in [0.2, 0.25) is 0 Å². The van der Waals surface area contributed by atoms with E-state index < -0.39 is 0 Å². The molecule has 1 unspecified atom stereocenters. The van der Waals surface area contributed by atoms with Gasteiger partial charge in [0, 0.05) is 7.05 Å². The molecule has 1 aliphatic rings. The van der Waals surface area contributed by atoms with Crippen LogP contribution in [-0.2, 0) is 0 Å². The summed E-state index contributed by atoms with van der Waals surface area (Å²) >= 11 is 5.92. The molecular weight excluding hydrogens is 176 g/mol. The average Bonchev–Trinajstić information content (AvgIpc) is 2.34. The molecule has 1 aliphatic heterocycles. The molecule has 1 rings (SSSR count). The van der Waals surface area contributed by atoms with E-state index in [1.807, 2.05) is 18.9 Å². The number of aliphatic imine (C=N–C) groups is 1. The normalized spacial score (nSPS) is 20.4. The lowest BCUT2D eigenvalue weighted by Gasteiger charge is -2.09. The minimum absolute atomic E-state index is 0.0614. The third-order valence-electron chi connectivity index (χ3n) is 1.70. The maximum atomic E-state index is 5.92. The van der Waals surface area contributed by atoms with Crippen molar-refractivity contribution in [1.29, 1.82) is 0 Å². The molecule has 12 heavy (non-hydrogen) atoms. The first-order chi connectivity index (χ1) is 5.66. The molecule has 1 heterocycles. The first-order valence-electron chi connectivity index (χ1n) is 3.74. The van der Waals surface area contributed by atoms with Crippen LogP contribution in [0, 0.1) is 0 Å². The molecule has 5 heteroatoms. The van der Waals surface area contributed by atoms with E-state index in [-0.39, 0.29) is 5.38 Å². The van der Waals surface area contributed by atoms with Crippen LogP contribution in [0.15, 0.2) is 16.5 Å². The summed E-state index contributed by atoms with van der Waals surface area (Å²) in [7, 11) is 1.93. The molecule has 0 aromatic heterocycles. The third-order valence-corrected chi connectivity index (χ3v) is 1.92. The Morgan fingerprint density at radius 3 is 3.00 bits per heavy atom. The number of hydrogen-bond donors (Lipinski definition) is 2. The molecular formula is C7H13ClN4. The number of rotatable bonds is 2. The van der Waals surface area contributed by atoms with Gasteiger partial charge in [0.25, 0.3) is 0 Å². The zero-order valence-electron chi connectivity index (χ0n) is 7.21. The zero-order valence-corrected chi connectivity index (χ0v) is 7.97. The number of nitrogens with one attached hydrogen (secondary N) is 1. The monoisotopic (exact) mass is 188 g/mol. The summed E-state index contributed by atoms with van der Waals surface area (Å²) in [5.74, 6) is 0.819. The summed E-state index contributed by atoms with van der Waals surface area (Å²) in [6, 6.07) is 0. The molecule has 3 N–H and O–H groups in total. The number of alkyl halides is 1. The van der Waals surface area contributed by atoms with Gasteiger partial charge >= 0.3 is 0 Å². The number of hydrogen-bond acceptors (Lipinski definition) is 3. The first kappa shape index (κ1) is 9.19. The molecule has 0 aliphatic carbocycles. The fourth-order valence-electron chi connectivity index (χ4n) is 1.12. The first-order valence-corrected chi connectivity index (χ1v) is 4.18. The minimum Gasteiger partial charge on any atom is -0.390 e. The van der Waals surface area contributed by atoms with Gasteiger partial charge in [-0.05, 0) is 6.92 Å². The van der Waals surface area contributed by atoms with Crippen LogP contribution >= 0.6 is 11.6 Å². The lowest BCUT2D eigenvalue weighted by molar-refractivity contribution is 0.438. The molecule has 68 valence electrons. The van der Waals surface area contributed by atoms with Gasteiger partial charge in [-0.25, -0.2) is 4.99 Å². The summed E-state index contributed by atoms with van der Waals surface area (Å²) in [5.41, 5.74) is 6.14. The van der Waals surface area contributed by atoms with Crippen molar-refractivity contribution in [2.45, 2.75) is 12.3 Å². The second-order valence-electron chi connectivity index (χ2n) is 2.66. The molecule has 0 saturated heterocycles. The fourth-order valence-corrected chi connectivity index (χ4v) is 1.30. The molecule has 0 amide bonds. The summed E-state index contributed by atoms with van der Waals surface area (Å²) in [6.07, 6.45) is 1.28. The van der Waals surface area contributed by atoms with Gasteiger partial charge in [0.05, 0.1) is 24.1 Å². The summed E-state index contributed by atoms with van der Waals surface area (Å²) in [4.78, 5) is 5.97. The fraction of sp³-hybridized carbons (Fsp3) is 0.571. The lowest BCUT2D eigenvalue weighted by Crippen LogP contribution is -2.19. The quantitative estimate of drug-likeness (QED) is 0.372. The Labute approximate surface area is 77.1 Å². The molecule has 0 saturated carbocycles. The summed E-state index contributed by atoms with van der Waals surface area (Å²) in [5, 5.41) is 3.08. The Hall–Kier alpha value is -0.900. The van der Waals surface area contributed by atoms with Gasteiger partial charge < -0.3 is 16.0 Å². The maximum Gasteiger partial charge on any atom is 0.152 e. The van der Waals surface area contributed by atoms with E-state index >= 15 is 0 Å². The van der Waals surface area contributed by atoms with Crippen LogP contribution < -0.4 is 11.1 Å². The van der Waals surface area contributed by atoms with Gasteiger partial charge in [-0.1, -0.05) is 0 Å². The summed E-state index contributed by atoms with van der Waals surface area (Å²) < 4.78 is 0. The number of nitrogens with zero attached hydrogens (tertiary/aromatic N) is 2. The highest BCUT2D eigenvalue weighted by Gasteiger charge is 2.20. The van der Waals surface area contributed by atoms with E-state index in [2.05, 4.69) is 10.3 Å². The highest BCUT2D eigenvalue weighted by Crippen LogP contribution is 2.19. The van der Waals surface area contributed by atoms with Gasteiger partial charge in [-0.2, -0.15) is 0 Å². The van der Waals surface area contributed by atoms with Gasteiger partial charge in [0.1, 0.15) is 0 Å². The minimum atomic E-state index is -0.0614. The average molecular weight is 189 g/mol. The third kappa shape index (κ3) is 1.64. The van der Waals surface area contributed by atoms with Crippen molar-refractivity contribution < 1.29 is 0 Å². The Bertz CT molecular complexity index is 221. The second-order valence-corrected chi connectivity index (χ2v) is 3.32. The molecule has 4 nitrogen and oxygen atoms in total. The van der Waals surface area contributed by atoms with Crippen molar-refractivity contribution in [3.8, 4) is 0 Å². The topological polar surface area (TPSA) is 53.6 Å². The SMILES string of the molecule is CC(Cl)C1=C(/N=C\N)N(C)CN1. The van der Waals surface area contributed by atoms with Crippen molar-refractivity contribution in [3.63, 3.8) is 0 Å². The smallest absolute Gasteiger partial charge is 0.152 e.